The number of carboxylic acids is 1. The van der Waals surface area contributed by atoms with Crippen molar-refractivity contribution in [2.75, 3.05) is 37.9 Å². The van der Waals surface area contributed by atoms with Gasteiger partial charge in [0, 0.05) is 6.42 Å². The minimum atomic E-state index is -1.11. The molecule has 0 aliphatic rings. The summed E-state index contributed by atoms with van der Waals surface area (Å²) in [7, 11) is 0. The van der Waals surface area contributed by atoms with Crippen LogP contribution in [0.1, 0.15) is 13.3 Å². The van der Waals surface area contributed by atoms with E-state index in [4.69, 9.17) is 25.5 Å². The fourth-order valence-electron chi connectivity index (χ4n) is 0.457. The molecular formula is C11H24O7S2. The molecule has 0 bridgehead atoms. The maximum absolute atomic E-state index is 9.99. The third kappa shape index (κ3) is 17.7. The molecule has 0 aromatic rings. The Kier molecular flexibility index (Phi) is 20.7. The summed E-state index contributed by atoms with van der Waals surface area (Å²) < 4.78 is 0. The molecule has 0 aliphatic heterocycles. The number of hydrogen-bond acceptors (Lipinski definition) is 8. The Balaban J connectivity index is -0.000000230. The third-order valence-corrected chi connectivity index (χ3v) is 2.43. The number of ketones is 1. The zero-order valence-corrected chi connectivity index (χ0v) is 13.2. The highest BCUT2D eigenvalue weighted by molar-refractivity contribution is 7.81. The Morgan fingerprint density at radius 3 is 1.25 bits per heavy atom. The van der Waals surface area contributed by atoms with Crippen molar-refractivity contribution in [3.05, 3.63) is 0 Å². The molecule has 0 amide bonds. The lowest BCUT2D eigenvalue weighted by Gasteiger charge is -2.23. The van der Waals surface area contributed by atoms with Gasteiger partial charge >= 0.3 is 5.97 Å². The second-order valence-corrected chi connectivity index (χ2v) is 4.62. The van der Waals surface area contributed by atoms with Crippen LogP contribution in [0, 0.1) is 5.41 Å². The van der Waals surface area contributed by atoms with Gasteiger partial charge in [-0.2, -0.15) is 25.3 Å². The summed E-state index contributed by atoms with van der Waals surface area (Å²) in [5.41, 5.74) is -1.11. The van der Waals surface area contributed by atoms with Crippen LogP contribution >= 0.6 is 25.3 Å². The molecule has 0 aliphatic carbocycles. The predicted molar refractivity (Wildman–Crippen MR) is 81.4 cm³/mol. The average Bonchev–Trinajstić information content (AvgIpc) is 2.43. The molecule has 122 valence electrons. The zero-order chi connectivity index (χ0) is 16.6. The van der Waals surface area contributed by atoms with Gasteiger partial charge in [-0.1, -0.05) is 0 Å². The number of aliphatic carboxylic acids is 1. The van der Waals surface area contributed by atoms with E-state index in [0.29, 0.717) is 12.2 Å². The first-order valence-electron chi connectivity index (χ1n) is 5.65. The topological polar surface area (TPSA) is 135 Å². The average molecular weight is 332 g/mol. The van der Waals surface area contributed by atoms with Gasteiger partial charge in [-0.25, -0.2) is 0 Å². The SMILES string of the molecule is CC(=O)CCS.O=C(O)CS.OCC(CO)(CO)CO. The van der Waals surface area contributed by atoms with Crippen LogP contribution in [-0.2, 0) is 9.59 Å². The molecule has 9 heteroatoms. The van der Waals surface area contributed by atoms with E-state index < -0.39 is 37.8 Å². The van der Waals surface area contributed by atoms with E-state index in [2.05, 4.69) is 25.3 Å². The van der Waals surface area contributed by atoms with E-state index in [1.807, 2.05) is 0 Å². The monoisotopic (exact) mass is 332 g/mol. The molecule has 5 N–H and O–H groups in total. The Hall–Kier alpha value is -0.320. The van der Waals surface area contributed by atoms with Crippen molar-refractivity contribution >= 4 is 37.0 Å². The van der Waals surface area contributed by atoms with Gasteiger partial charge in [-0.05, 0) is 12.7 Å². The molecule has 0 saturated heterocycles. The molecule has 0 saturated carbocycles. The van der Waals surface area contributed by atoms with Crippen molar-refractivity contribution in [3.8, 4) is 0 Å². The van der Waals surface area contributed by atoms with Crippen LogP contribution in [0.5, 0.6) is 0 Å². The second-order valence-electron chi connectivity index (χ2n) is 3.86. The maximum Gasteiger partial charge on any atom is 0.313 e. The number of hydrogen-bond donors (Lipinski definition) is 7. The summed E-state index contributed by atoms with van der Waals surface area (Å²) in [5, 5.41) is 41.6. The summed E-state index contributed by atoms with van der Waals surface area (Å²) in [6.45, 7) is -0.0593. The molecule has 0 atom stereocenters. The van der Waals surface area contributed by atoms with E-state index in [-0.39, 0.29) is 11.5 Å². The fraction of sp³-hybridized carbons (Fsp3) is 0.818. The Labute approximate surface area is 129 Å². The van der Waals surface area contributed by atoms with Crippen molar-refractivity contribution in [1.29, 1.82) is 0 Å². The lowest BCUT2D eigenvalue weighted by molar-refractivity contribution is -0.133. The van der Waals surface area contributed by atoms with Crippen molar-refractivity contribution in [1.82, 2.24) is 0 Å². The van der Waals surface area contributed by atoms with E-state index in [1.54, 1.807) is 6.92 Å². The number of carboxylic acid groups (broad SMARTS) is 1. The van der Waals surface area contributed by atoms with Crippen LogP contribution in [0.3, 0.4) is 0 Å². The molecule has 0 aromatic carbocycles. The summed E-state index contributed by atoms with van der Waals surface area (Å²) in [6, 6.07) is 0. The Bertz CT molecular complexity index is 227. The van der Waals surface area contributed by atoms with E-state index in [0.717, 1.165) is 0 Å². The van der Waals surface area contributed by atoms with Crippen molar-refractivity contribution in [2.45, 2.75) is 13.3 Å². The minimum Gasteiger partial charge on any atom is -0.481 e. The normalized spacial score (nSPS) is 9.75. The molecule has 0 rings (SSSR count). The Morgan fingerprint density at radius 1 is 0.950 bits per heavy atom. The van der Waals surface area contributed by atoms with Crippen molar-refractivity contribution in [2.24, 2.45) is 5.41 Å². The predicted octanol–water partition coefficient (Wildman–Crippen LogP) is -1.16. The largest absolute Gasteiger partial charge is 0.481 e. The molecular weight excluding hydrogens is 308 g/mol. The highest BCUT2D eigenvalue weighted by atomic mass is 32.1. The van der Waals surface area contributed by atoms with Gasteiger partial charge in [0.15, 0.2) is 0 Å². The molecule has 0 radical (unpaired) electrons. The number of thiol groups is 2. The van der Waals surface area contributed by atoms with Gasteiger partial charge in [-0.15, -0.1) is 0 Å². The van der Waals surface area contributed by atoms with Gasteiger partial charge in [0.2, 0.25) is 0 Å². The van der Waals surface area contributed by atoms with Crippen LogP contribution in [0.15, 0.2) is 0 Å². The number of rotatable bonds is 7. The van der Waals surface area contributed by atoms with Gasteiger partial charge < -0.3 is 25.5 Å². The molecule has 0 heterocycles. The lowest BCUT2D eigenvalue weighted by atomic mass is 9.93. The first-order chi connectivity index (χ1) is 9.28. The first-order valence-corrected chi connectivity index (χ1v) is 6.92. The van der Waals surface area contributed by atoms with Gasteiger partial charge in [0.25, 0.3) is 0 Å². The van der Waals surface area contributed by atoms with E-state index >= 15 is 0 Å². The number of aliphatic hydroxyl groups is 4. The molecule has 0 spiro atoms. The van der Waals surface area contributed by atoms with Crippen LogP contribution in [0.25, 0.3) is 0 Å². The number of Topliss-reactive ketones (excluding diaryl/α,β-unsaturated/α-hetero) is 1. The quantitative estimate of drug-likeness (QED) is 0.292. The van der Waals surface area contributed by atoms with Gasteiger partial charge in [-0.3, -0.25) is 9.59 Å². The highest BCUT2D eigenvalue weighted by Gasteiger charge is 2.26. The summed E-state index contributed by atoms with van der Waals surface area (Å²) in [4.78, 5) is 19.3. The number of aliphatic hydroxyl groups excluding tert-OH is 4. The lowest BCUT2D eigenvalue weighted by Crippen LogP contribution is -2.37. The molecule has 0 fully saturated rings. The fourth-order valence-corrected chi connectivity index (χ4v) is 0.772. The third-order valence-electron chi connectivity index (χ3n) is 1.94. The molecule has 20 heavy (non-hydrogen) atoms. The second kappa shape index (κ2) is 16.7. The van der Waals surface area contributed by atoms with Crippen molar-refractivity contribution < 1.29 is 35.1 Å². The molecule has 7 nitrogen and oxygen atoms in total. The van der Waals surface area contributed by atoms with E-state index in [1.165, 1.54) is 0 Å². The van der Waals surface area contributed by atoms with Gasteiger partial charge in [0.1, 0.15) is 5.78 Å². The Morgan fingerprint density at radius 2 is 1.25 bits per heavy atom. The van der Waals surface area contributed by atoms with Crippen molar-refractivity contribution in [3.63, 3.8) is 0 Å². The standard InChI is InChI=1S/C5H12O4.C4H8OS.C2H4O2S/c6-1-5(2-7,3-8)4-9;1-4(5)2-3-6;3-2(4)1-5/h6-9H,1-4H2;6H,2-3H2,1H3;5H,1H2,(H,3,4). The highest BCUT2D eigenvalue weighted by Crippen LogP contribution is 2.11. The maximum atomic E-state index is 9.99. The summed E-state index contributed by atoms with van der Waals surface area (Å²) in [6.07, 6.45) is 0.600. The number of carbonyl (C=O) groups excluding carboxylic acids is 1. The first kappa shape index (κ1) is 24.7. The molecule has 0 aromatic heterocycles. The van der Waals surface area contributed by atoms with E-state index in [9.17, 15) is 9.59 Å². The van der Waals surface area contributed by atoms with Crippen LogP contribution in [0.4, 0.5) is 0 Å². The van der Waals surface area contributed by atoms with Crippen LogP contribution in [0.2, 0.25) is 0 Å². The summed E-state index contributed by atoms with van der Waals surface area (Å²) >= 11 is 7.26. The minimum absolute atomic E-state index is 0.0833. The van der Waals surface area contributed by atoms with Crippen LogP contribution < -0.4 is 0 Å². The van der Waals surface area contributed by atoms with Crippen LogP contribution in [-0.4, -0.2) is 75.2 Å². The molecule has 0 unspecified atom stereocenters. The summed E-state index contributed by atoms with van der Waals surface area (Å²) in [5.74, 6) is -0.0756. The zero-order valence-electron chi connectivity index (χ0n) is 11.4. The smallest absolute Gasteiger partial charge is 0.313 e. The number of carbonyl (C=O) groups is 2. The van der Waals surface area contributed by atoms with Gasteiger partial charge in [0.05, 0.1) is 37.6 Å².